The summed E-state index contributed by atoms with van der Waals surface area (Å²) in [6, 6.07) is 0. The molecular formula is C6H12O3S. The molecule has 10 heavy (non-hydrogen) atoms. The van der Waals surface area contributed by atoms with Crippen molar-refractivity contribution in [2.24, 2.45) is 0 Å². The lowest BCUT2D eigenvalue weighted by Gasteiger charge is -2.08. The highest BCUT2D eigenvalue weighted by Gasteiger charge is 2.09. The van der Waals surface area contributed by atoms with Crippen molar-refractivity contribution in [1.82, 2.24) is 0 Å². The van der Waals surface area contributed by atoms with Gasteiger partial charge >= 0.3 is 0 Å². The zero-order valence-electron chi connectivity index (χ0n) is 6.16. The van der Waals surface area contributed by atoms with Crippen LogP contribution in [0.4, 0.5) is 0 Å². The summed E-state index contributed by atoms with van der Waals surface area (Å²) in [7, 11) is 0.196. The van der Waals surface area contributed by atoms with Gasteiger partial charge in [-0.25, -0.2) is 0 Å². The van der Waals surface area contributed by atoms with Crippen LogP contribution in [0.15, 0.2) is 0 Å². The van der Waals surface area contributed by atoms with Crippen LogP contribution >= 0.6 is 0 Å². The van der Waals surface area contributed by atoms with Crippen molar-refractivity contribution < 1.29 is 15.0 Å². The maximum Gasteiger partial charge on any atom is 0.110 e. The molecule has 0 radical (unpaired) electrons. The Hall–Kier alpha value is -0.220. The second-order valence-electron chi connectivity index (χ2n) is 2.31. The molecule has 0 amide bonds. The molecule has 0 aromatic heterocycles. The van der Waals surface area contributed by atoms with E-state index in [-0.39, 0.29) is 10.9 Å². The number of carbonyl (C=O) groups is 1. The number of aliphatic carboxylic acids is 1. The lowest BCUT2D eigenvalue weighted by atomic mass is 10.3. The molecule has 4 heteroatoms. The summed E-state index contributed by atoms with van der Waals surface area (Å²) in [5.74, 6) is -0.625. The van der Waals surface area contributed by atoms with E-state index in [0.29, 0.717) is 6.42 Å². The van der Waals surface area contributed by atoms with E-state index in [0.717, 1.165) is 5.75 Å². The summed E-state index contributed by atoms with van der Waals surface area (Å²) in [5, 5.41) is 18.7. The van der Waals surface area contributed by atoms with E-state index in [2.05, 4.69) is 0 Å². The van der Waals surface area contributed by atoms with Gasteiger partial charge in [0, 0.05) is 6.42 Å². The van der Waals surface area contributed by atoms with Crippen LogP contribution in [0.25, 0.3) is 0 Å². The summed E-state index contributed by atoms with van der Waals surface area (Å²) in [4.78, 5) is 9.95. The second kappa shape index (κ2) is 4.57. The molecule has 60 valence electrons. The van der Waals surface area contributed by atoms with E-state index in [4.69, 9.17) is 5.11 Å². The number of carboxylic acids is 1. The number of carboxylic acid groups (broad SMARTS) is 1. The number of carbonyl (C=O) groups excluding carboxylic acids is 1. The first-order chi connectivity index (χ1) is 4.54. The summed E-state index contributed by atoms with van der Waals surface area (Å²) in [6.45, 7) is 0. The molecule has 0 unspecified atom stereocenters. The third-order valence-corrected chi connectivity index (χ3v) is 2.12. The van der Waals surface area contributed by atoms with Gasteiger partial charge in [-0.1, -0.05) is 0 Å². The van der Waals surface area contributed by atoms with Crippen LogP contribution in [-0.2, 0) is 15.7 Å². The fourth-order valence-corrected chi connectivity index (χ4v) is 1.16. The zero-order chi connectivity index (χ0) is 8.15. The minimum absolute atomic E-state index is 0.196. The van der Waals surface area contributed by atoms with Gasteiger partial charge < -0.3 is 15.0 Å². The molecule has 0 bridgehead atoms. The standard InChI is InChI=1S/C6H12O3S/c1-10(2)4-3-5(7)6(8)9/h5,7H,3-4H2,1-2H3/t5-/m0/s1. The molecule has 0 aromatic rings. The topological polar surface area (TPSA) is 60.4 Å². The van der Waals surface area contributed by atoms with Crippen LogP contribution in [-0.4, -0.2) is 35.4 Å². The molecule has 0 aromatic carbocycles. The fourth-order valence-electron chi connectivity index (χ4n) is 0.465. The van der Waals surface area contributed by atoms with E-state index < -0.39 is 12.1 Å². The van der Waals surface area contributed by atoms with Gasteiger partial charge in [0.1, 0.15) is 5.75 Å². The van der Waals surface area contributed by atoms with Crippen LogP contribution in [0.1, 0.15) is 6.42 Å². The van der Waals surface area contributed by atoms with Gasteiger partial charge in [-0.05, 0) is 10.9 Å². The maximum absolute atomic E-state index is 9.95. The Morgan fingerprint density at radius 2 is 2.20 bits per heavy atom. The van der Waals surface area contributed by atoms with E-state index in [1.165, 1.54) is 0 Å². The van der Waals surface area contributed by atoms with Crippen molar-refractivity contribution in [3.8, 4) is 0 Å². The van der Waals surface area contributed by atoms with Gasteiger partial charge in [0.05, 0.1) is 24.6 Å². The molecule has 0 aliphatic carbocycles. The molecular weight excluding hydrogens is 152 g/mol. The molecule has 0 heterocycles. The Balaban J connectivity index is 3.40. The zero-order valence-corrected chi connectivity index (χ0v) is 6.98. The number of aliphatic hydroxyl groups is 1. The van der Waals surface area contributed by atoms with Gasteiger partial charge in [0.2, 0.25) is 0 Å². The summed E-state index contributed by atoms with van der Waals surface area (Å²) >= 11 is 0. The molecule has 1 atom stereocenters. The van der Waals surface area contributed by atoms with Gasteiger partial charge in [-0.3, -0.25) is 0 Å². The normalized spacial score (nSPS) is 13.6. The lowest BCUT2D eigenvalue weighted by Crippen LogP contribution is -2.36. The Morgan fingerprint density at radius 1 is 1.70 bits per heavy atom. The van der Waals surface area contributed by atoms with Crippen LogP contribution in [0, 0.1) is 0 Å². The third-order valence-electron chi connectivity index (χ3n) is 1.07. The van der Waals surface area contributed by atoms with Gasteiger partial charge in [0.15, 0.2) is 0 Å². The lowest BCUT2D eigenvalue weighted by molar-refractivity contribution is -0.315. The summed E-state index contributed by atoms with van der Waals surface area (Å²) in [6.07, 6.45) is 3.03. The fraction of sp³-hybridized carbons (Fsp3) is 0.833. The van der Waals surface area contributed by atoms with E-state index >= 15 is 0 Å². The summed E-state index contributed by atoms with van der Waals surface area (Å²) < 4.78 is 0. The molecule has 0 saturated heterocycles. The van der Waals surface area contributed by atoms with Crippen molar-refractivity contribution >= 4 is 16.9 Å². The van der Waals surface area contributed by atoms with E-state index in [9.17, 15) is 9.90 Å². The van der Waals surface area contributed by atoms with Crippen molar-refractivity contribution in [2.45, 2.75) is 12.5 Å². The highest BCUT2D eigenvalue weighted by atomic mass is 32.2. The molecule has 0 rings (SSSR count). The highest BCUT2D eigenvalue weighted by molar-refractivity contribution is 7.95. The van der Waals surface area contributed by atoms with Crippen LogP contribution in [0.5, 0.6) is 0 Å². The SMILES string of the molecule is C[S+](C)CC[C@H](O)C(=O)[O-]. The monoisotopic (exact) mass is 164 g/mol. The van der Waals surface area contributed by atoms with Crippen molar-refractivity contribution in [1.29, 1.82) is 0 Å². The van der Waals surface area contributed by atoms with Gasteiger partial charge in [-0.15, -0.1) is 0 Å². The van der Waals surface area contributed by atoms with Gasteiger partial charge in [-0.2, -0.15) is 0 Å². The predicted molar refractivity (Wildman–Crippen MR) is 39.7 cm³/mol. The Bertz CT molecular complexity index is 114. The molecule has 0 saturated carbocycles. The van der Waals surface area contributed by atoms with Crippen LogP contribution in [0.2, 0.25) is 0 Å². The van der Waals surface area contributed by atoms with E-state index in [1.54, 1.807) is 0 Å². The Morgan fingerprint density at radius 3 is 2.50 bits per heavy atom. The van der Waals surface area contributed by atoms with Crippen LogP contribution in [0.3, 0.4) is 0 Å². The number of rotatable bonds is 4. The minimum atomic E-state index is -1.37. The number of hydrogen-bond acceptors (Lipinski definition) is 3. The Labute approximate surface area is 63.4 Å². The van der Waals surface area contributed by atoms with E-state index in [1.807, 2.05) is 12.5 Å². The van der Waals surface area contributed by atoms with Gasteiger partial charge in [0.25, 0.3) is 0 Å². The Kier molecular flexibility index (Phi) is 4.47. The molecule has 3 nitrogen and oxygen atoms in total. The smallest absolute Gasteiger partial charge is 0.110 e. The maximum atomic E-state index is 9.95. The predicted octanol–water partition coefficient (Wildman–Crippen LogP) is -1.63. The third kappa shape index (κ3) is 4.64. The number of aliphatic hydroxyl groups excluding tert-OH is 1. The summed E-state index contributed by atoms with van der Waals surface area (Å²) in [5.41, 5.74) is 0. The molecule has 1 N–H and O–H groups in total. The first kappa shape index (κ1) is 9.78. The molecule has 0 aliphatic rings. The van der Waals surface area contributed by atoms with Crippen molar-refractivity contribution in [3.63, 3.8) is 0 Å². The number of hydrogen-bond donors (Lipinski definition) is 1. The van der Waals surface area contributed by atoms with Crippen molar-refractivity contribution in [3.05, 3.63) is 0 Å². The van der Waals surface area contributed by atoms with Crippen LogP contribution < -0.4 is 5.11 Å². The minimum Gasteiger partial charge on any atom is -0.547 e. The average Bonchev–Trinajstić information content (AvgIpc) is 1.82. The average molecular weight is 164 g/mol. The second-order valence-corrected chi connectivity index (χ2v) is 4.69. The first-order valence-corrected chi connectivity index (χ1v) is 5.18. The van der Waals surface area contributed by atoms with Crippen molar-refractivity contribution in [2.75, 3.05) is 18.3 Å². The highest BCUT2D eigenvalue weighted by Crippen LogP contribution is 1.94. The quantitative estimate of drug-likeness (QED) is 0.507. The molecule has 0 aliphatic heterocycles. The first-order valence-electron chi connectivity index (χ1n) is 2.97. The molecule has 0 fully saturated rings. The largest absolute Gasteiger partial charge is 0.547 e. The molecule has 0 spiro atoms.